The minimum atomic E-state index is -3.57. The molecule has 0 amide bonds. The third kappa shape index (κ3) is 2.78. The first-order valence-corrected chi connectivity index (χ1v) is 8.25. The van der Waals surface area contributed by atoms with Crippen LogP contribution in [0.5, 0.6) is 11.5 Å². The molecule has 0 aromatic heterocycles. The smallest absolute Gasteiger partial charge is 0.395 e. The summed E-state index contributed by atoms with van der Waals surface area (Å²) in [5.41, 5.74) is 0.955. The Labute approximate surface area is 134 Å². The normalized spacial score (nSPS) is 32.6. The molecule has 6 heteroatoms. The van der Waals surface area contributed by atoms with Crippen LogP contribution in [0.2, 0.25) is 0 Å². The number of nitrogens with zero attached hydrogens (tertiary/aromatic N) is 1. The number of benzene rings is 1. The molecule has 1 aromatic rings. The number of rotatable bonds is 2. The molecule has 1 aromatic carbocycles. The first-order valence-electron chi connectivity index (χ1n) is 8.25. The number of likely N-dealkylation sites (tertiary alicyclic amines) is 1. The van der Waals surface area contributed by atoms with Crippen LogP contribution in [0.1, 0.15) is 37.7 Å². The SMILES string of the molecule is O[C@@H]1CCC[C@]12CCCN(Cc1ccc3c(c1)OC(F)(F)O3)C2. The van der Waals surface area contributed by atoms with Gasteiger partial charge < -0.3 is 14.6 Å². The predicted octanol–water partition coefficient (Wildman–Crippen LogP) is 3.14. The fraction of sp³-hybridized carbons (Fsp3) is 0.647. The molecule has 1 saturated heterocycles. The molecule has 126 valence electrons. The Morgan fingerprint density at radius 2 is 1.96 bits per heavy atom. The molecule has 2 fully saturated rings. The Balaban J connectivity index is 1.47. The molecule has 0 bridgehead atoms. The van der Waals surface area contributed by atoms with E-state index in [-0.39, 0.29) is 23.0 Å². The van der Waals surface area contributed by atoms with Crippen molar-refractivity contribution in [3.05, 3.63) is 23.8 Å². The zero-order chi connectivity index (χ0) is 16.1. The van der Waals surface area contributed by atoms with Crippen molar-refractivity contribution in [2.24, 2.45) is 5.41 Å². The summed E-state index contributed by atoms with van der Waals surface area (Å²) in [6.07, 6.45) is 1.45. The third-order valence-corrected chi connectivity index (χ3v) is 5.42. The Kier molecular flexibility index (Phi) is 3.50. The maximum Gasteiger partial charge on any atom is 0.586 e. The van der Waals surface area contributed by atoms with Gasteiger partial charge in [-0.05, 0) is 49.9 Å². The van der Waals surface area contributed by atoms with Gasteiger partial charge in [0, 0.05) is 18.5 Å². The van der Waals surface area contributed by atoms with E-state index in [1.807, 2.05) is 0 Å². The zero-order valence-electron chi connectivity index (χ0n) is 12.9. The van der Waals surface area contributed by atoms with Crippen molar-refractivity contribution in [1.82, 2.24) is 4.90 Å². The van der Waals surface area contributed by atoms with E-state index in [1.54, 1.807) is 12.1 Å². The number of ether oxygens (including phenoxy) is 2. The summed E-state index contributed by atoms with van der Waals surface area (Å²) in [6.45, 7) is 2.52. The molecular formula is C17H21F2NO3. The van der Waals surface area contributed by atoms with Gasteiger partial charge in [-0.25, -0.2) is 0 Å². The summed E-state index contributed by atoms with van der Waals surface area (Å²) in [5, 5.41) is 10.3. The maximum absolute atomic E-state index is 13.1. The number of aliphatic hydroxyl groups is 1. The van der Waals surface area contributed by atoms with Gasteiger partial charge in [0.2, 0.25) is 0 Å². The van der Waals surface area contributed by atoms with E-state index in [9.17, 15) is 13.9 Å². The van der Waals surface area contributed by atoms with Crippen LogP contribution in [-0.4, -0.2) is 35.5 Å². The van der Waals surface area contributed by atoms with Crippen LogP contribution in [0.25, 0.3) is 0 Å². The summed E-state index contributed by atoms with van der Waals surface area (Å²) in [5.74, 6) is 0.181. The number of piperidine rings is 1. The van der Waals surface area contributed by atoms with Crippen LogP contribution >= 0.6 is 0 Å². The summed E-state index contributed by atoms with van der Waals surface area (Å²) in [7, 11) is 0. The van der Waals surface area contributed by atoms with E-state index >= 15 is 0 Å². The number of fused-ring (bicyclic) bond motifs is 1. The lowest BCUT2D eigenvalue weighted by Gasteiger charge is -2.42. The molecule has 3 aliphatic rings. The molecule has 2 aliphatic heterocycles. The van der Waals surface area contributed by atoms with Crippen LogP contribution in [0.3, 0.4) is 0 Å². The second kappa shape index (κ2) is 5.31. The average Bonchev–Trinajstić information content (AvgIpc) is 2.98. The van der Waals surface area contributed by atoms with Crippen molar-refractivity contribution in [1.29, 1.82) is 0 Å². The lowest BCUT2D eigenvalue weighted by atomic mass is 9.76. The van der Waals surface area contributed by atoms with Crippen LogP contribution < -0.4 is 9.47 Å². The largest absolute Gasteiger partial charge is 0.586 e. The van der Waals surface area contributed by atoms with E-state index in [4.69, 9.17) is 0 Å². The Morgan fingerprint density at radius 1 is 1.17 bits per heavy atom. The lowest BCUT2D eigenvalue weighted by Crippen LogP contribution is -2.46. The van der Waals surface area contributed by atoms with Gasteiger partial charge >= 0.3 is 6.29 Å². The zero-order valence-corrected chi connectivity index (χ0v) is 12.9. The Bertz CT molecular complexity index is 610. The molecule has 23 heavy (non-hydrogen) atoms. The Morgan fingerprint density at radius 3 is 2.74 bits per heavy atom. The van der Waals surface area contributed by atoms with Gasteiger partial charge in [-0.15, -0.1) is 8.78 Å². The van der Waals surface area contributed by atoms with E-state index in [1.165, 1.54) is 6.07 Å². The van der Waals surface area contributed by atoms with Crippen LogP contribution in [-0.2, 0) is 6.54 Å². The van der Waals surface area contributed by atoms with Gasteiger partial charge in [0.15, 0.2) is 11.5 Å². The highest BCUT2D eigenvalue weighted by Crippen LogP contribution is 2.46. The third-order valence-electron chi connectivity index (χ3n) is 5.42. The fourth-order valence-electron chi connectivity index (χ4n) is 4.34. The summed E-state index contributed by atoms with van der Waals surface area (Å²) >= 11 is 0. The molecule has 2 heterocycles. The second-order valence-corrected chi connectivity index (χ2v) is 7.03. The molecule has 1 N–H and O–H groups in total. The highest BCUT2D eigenvalue weighted by Gasteiger charge is 2.45. The van der Waals surface area contributed by atoms with Crippen molar-refractivity contribution in [3.63, 3.8) is 0 Å². The first-order chi connectivity index (χ1) is 11.0. The molecule has 4 nitrogen and oxygen atoms in total. The Hall–Kier alpha value is -1.40. The number of halogens is 2. The minimum absolute atomic E-state index is 0.0294. The van der Waals surface area contributed by atoms with Crippen molar-refractivity contribution in [3.8, 4) is 11.5 Å². The molecule has 0 radical (unpaired) electrons. The minimum Gasteiger partial charge on any atom is -0.395 e. The molecule has 1 aliphatic carbocycles. The average molecular weight is 325 g/mol. The molecule has 1 saturated carbocycles. The maximum atomic E-state index is 13.1. The highest BCUT2D eigenvalue weighted by molar-refractivity contribution is 5.45. The molecule has 0 unspecified atom stereocenters. The number of alkyl halides is 2. The van der Waals surface area contributed by atoms with E-state index in [0.29, 0.717) is 6.54 Å². The van der Waals surface area contributed by atoms with Gasteiger partial charge in [-0.2, -0.15) is 0 Å². The van der Waals surface area contributed by atoms with E-state index < -0.39 is 6.29 Å². The predicted molar refractivity (Wildman–Crippen MR) is 79.4 cm³/mol. The van der Waals surface area contributed by atoms with Gasteiger partial charge in [0.05, 0.1) is 6.10 Å². The second-order valence-electron chi connectivity index (χ2n) is 7.03. The number of aliphatic hydroxyl groups excluding tert-OH is 1. The fourth-order valence-corrected chi connectivity index (χ4v) is 4.34. The number of hydrogen-bond acceptors (Lipinski definition) is 4. The number of hydrogen-bond donors (Lipinski definition) is 1. The van der Waals surface area contributed by atoms with Crippen LogP contribution in [0.15, 0.2) is 18.2 Å². The van der Waals surface area contributed by atoms with Crippen LogP contribution in [0.4, 0.5) is 8.78 Å². The van der Waals surface area contributed by atoms with Gasteiger partial charge in [-0.3, -0.25) is 4.90 Å². The molecule has 2 atom stereocenters. The quantitative estimate of drug-likeness (QED) is 0.907. The van der Waals surface area contributed by atoms with Gasteiger partial charge in [0.1, 0.15) is 0 Å². The van der Waals surface area contributed by atoms with Crippen molar-refractivity contribution >= 4 is 0 Å². The highest BCUT2D eigenvalue weighted by atomic mass is 19.3. The summed E-state index contributed by atoms with van der Waals surface area (Å²) in [6, 6.07) is 4.97. The van der Waals surface area contributed by atoms with Crippen molar-refractivity contribution in [2.75, 3.05) is 13.1 Å². The van der Waals surface area contributed by atoms with Crippen LogP contribution in [0, 0.1) is 5.41 Å². The van der Waals surface area contributed by atoms with Gasteiger partial charge in [-0.1, -0.05) is 12.5 Å². The van der Waals surface area contributed by atoms with Crippen molar-refractivity contribution < 1.29 is 23.4 Å². The van der Waals surface area contributed by atoms with E-state index in [0.717, 1.165) is 50.8 Å². The molecular weight excluding hydrogens is 304 g/mol. The first kappa shape index (κ1) is 15.1. The van der Waals surface area contributed by atoms with E-state index in [2.05, 4.69) is 14.4 Å². The lowest BCUT2D eigenvalue weighted by molar-refractivity contribution is -0.286. The molecule has 4 rings (SSSR count). The van der Waals surface area contributed by atoms with Crippen molar-refractivity contribution in [2.45, 2.75) is 51.0 Å². The topological polar surface area (TPSA) is 41.9 Å². The summed E-state index contributed by atoms with van der Waals surface area (Å²) < 4.78 is 35.1. The monoisotopic (exact) mass is 325 g/mol. The molecule has 1 spiro atoms. The standard InChI is InChI=1S/C17H21F2NO3/c18-17(19)22-13-5-4-12(9-14(13)23-17)10-20-8-2-7-16(11-20)6-1-3-15(16)21/h4-5,9,15,21H,1-3,6-8,10-11H2/t15-,16-/m1/s1. The van der Waals surface area contributed by atoms with Gasteiger partial charge in [0.25, 0.3) is 0 Å². The summed E-state index contributed by atoms with van der Waals surface area (Å²) in [4.78, 5) is 2.31.